The number of para-hydroxylation sites is 1. The largest absolute Gasteiger partial charge is 0.336 e. The highest BCUT2D eigenvalue weighted by molar-refractivity contribution is 5.94. The Morgan fingerprint density at radius 3 is 2.74 bits per heavy atom. The summed E-state index contributed by atoms with van der Waals surface area (Å²) in [6.07, 6.45) is 0.916. The Balaban J connectivity index is 2.29. The van der Waals surface area contributed by atoms with E-state index in [9.17, 15) is 4.79 Å². The number of carbonyl (C=O) groups is 1. The van der Waals surface area contributed by atoms with Crippen molar-refractivity contribution in [2.45, 2.75) is 13.3 Å². The van der Waals surface area contributed by atoms with E-state index in [4.69, 9.17) is 5.73 Å². The molecule has 0 spiro atoms. The number of fused-ring (bicyclic) bond motifs is 1. The normalized spacial score (nSPS) is 10.6. The predicted molar refractivity (Wildman–Crippen MR) is 77.0 cm³/mol. The highest BCUT2D eigenvalue weighted by Gasteiger charge is 2.15. The Hall–Kier alpha value is -1.94. The van der Waals surface area contributed by atoms with Crippen molar-refractivity contribution in [1.82, 2.24) is 9.88 Å². The SMILES string of the molecule is CCCN(CCN)C(=O)c1ccc2ccccc2n1. The van der Waals surface area contributed by atoms with Crippen LogP contribution >= 0.6 is 0 Å². The van der Waals surface area contributed by atoms with Gasteiger partial charge in [0, 0.05) is 25.0 Å². The van der Waals surface area contributed by atoms with Gasteiger partial charge >= 0.3 is 0 Å². The van der Waals surface area contributed by atoms with Crippen molar-refractivity contribution in [3.8, 4) is 0 Å². The number of benzene rings is 1. The fourth-order valence-corrected chi connectivity index (χ4v) is 2.09. The maximum absolute atomic E-state index is 12.4. The minimum atomic E-state index is -0.0435. The standard InChI is InChI=1S/C15H19N3O/c1-2-10-18(11-9-16)15(19)14-8-7-12-5-3-4-6-13(12)17-14/h3-8H,2,9-11,16H2,1H3. The van der Waals surface area contributed by atoms with E-state index in [0.717, 1.165) is 17.3 Å². The highest BCUT2D eigenvalue weighted by atomic mass is 16.2. The maximum atomic E-state index is 12.4. The van der Waals surface area contributed by atoms with Crippen LogP contribution in [0, 0.1) is 0 Å². The van der Waals surface area contributed by atoms with Gasteiger partial charge in [0.2, 0.25) is 0 Å². The number of hydrogen-bond donors (Lipinski definition) is 1. The summed E-state index contributed by atoms with van der Waals surface area (Å²) in [5, 5.41) is 1.04. The average molecular weight is 257 g/mol. The van der Waals surface area contributed by atoms with Gasteiger partial charge in [0.05, 0.1) is 5.52 Å². The first-order valence-electron chi connectivity index (χ1n) is 6.61. The van der Waals surface area contributed by atoms with Gasteiger partial charge in [0.25, 0.3) is 5.91 Å². The molecular weight excluding hydrogens is 238 g/mol. The van der Waals surface area contributed by atoms with Gasteiger partial charge in [0.15, 0.2) is 0 Å². The summed E-state index contributed by atoms with van der Waals surface area (Å²) in [4.78, 5) is 18.6. The summed E-state index contributed by atoms with van der Waals surface area (Å²) in [5.41, 5.74) is 6.88. The number of carbonyl (C=O) groups excluding carboxylic acids is 1. The number of pyridine rings is 1. The van der Waals surface area contributed by atoms with Crippen LogP contribution in [0.2, 0.25) is 0 Å². The van der Waals surface area contributed by atoms with Gasteiger partial charge in [-0.3, -0.25) is 4.79 Å². The molecule has 100 valence electrons. The minimum absolute atomic E-state index is 0.0435. The molecule has 0 unspecified atom stereocenters. The first-order chi connectivity index (χ1) is 9.26. The number of nitrogens with two attached hydrogens (primary N) is 1. The Kier molecular flexibility index (Phi) is 4.47. The molecular formula is C15H19N3O. The quantitative estimate of drug-likeness (QED) is 0.891. The molecule has 2 aromatic rings. The Labute approximate surface area is 113 Å². The Morgan fingerprint density at radius 1 is 1.21 bits per heavy atom. The molecule has 0 atom stereocenters. The van der Waals surface area contributed by atoms with Crippen LogP contribution in [0.15, 0.2) is 36.4 Å². The van der Waals surface area contributed by atoms with E-state index in [1.807, 2.05) is 37.3 Å². The molecule has 1 aromatic carbocycles. The lowest BCUT2D eigenvalue weighted by atomic mass is 10.2. The molecule has 0 aliphatic carbocycles. The molecule has 2 N–H and O–H groups in total. The maximum Gasteiger partial charge on any atom is 0.272 e. The van der Waals surface area contributed by atoms with Crippen molar-refractivity contribution in [3.05, 3.63) is 42.1 Å². The average Bonchev–Trinajstić information content (AvgIpc) is 2.46. The number of rotatable bonds is 5. The molecule has 4 heteroatoms. The molecule has 1 amide bonds. The summed E-state index contributed by atoms with van der Waals surface area (Å²) >= 11 is 0. The van der Waals surface area contributed by atoms with Gasteiger partial charge in [-0.15, -0.1) is 0 Å². The molecule has 0 saturated heterocycles. The van der Waals surface area contributed by atoms with Gasteiger partial charge in [-0.1, -0.05) is 31.2 Å². The molecule has 0 aliphatic heterocycles. The lowest BCUT2D eigenvalue weighted by molar-refractivity contribution is 0.0755. The number of aromatic nitrogens is 1. The third-order valence-electron chi connectivity index (χ3n) is 3.00. The van der Waals surface area contributed by atoms with Crippen molar-refractivity contribution in [2.75, 3.05) is 19.6 Å². The van der Waals surface area contributed by atoms with Gasteiger partial charge in [-0.25, -0.2) is 4.98 Å². The molecule has 4 nitrogen and oxygen atoms in total. The minimum Gasteiger partial charge on any atom is -0.336 e. The number of hydrogen-bond acceptors (Lipinski definition) is 3. The van der Waals surface area contributed by atoms with Crippen LogP contribution in [-0.2, 0) is 0 Å². The zero-order valence-corrected chi connectivity index (χ0v) is 11.2. The van der Waals surface area contributed by atoms with Crippen molar-refractivity contribution in [3.63, 3.8) is 0 Å². The van der Waals surface area contributed by atoms with Crippen molar-refractivity contribution < 1.29 is 4.79 Å². The smallest absolute Gasteiger partial charge is 0.272 e. The van der Waals surface area contributed by atoms with E-state index in [1.165, 1.54) is 0 Å². The number of amides is 1. The van der Waals surface area contributed by atoms with Crippen molar-refractivity contribution in [2.24, 2.45) is 5.73 Å². The topological polar surface area (TPSA) is 59.2 Å². The van der Waals surface area contributed by atoms with Crippen LogP contribution in [0.25, 0.3) is 10.9 Å². The van der Waals surface area contributed by atoms with Crippen LogP contribution in [0.4, 0.5) is 0 Å². The van der Waals surface area contributed by atoms with Crippen LogP contribution in [0.1, 0.15) is 23.8 Å². The molecule has 0 fully saturated rings. The van der Waals surface area contributed by atoms with E-state index in [-0.39, 0.29) is 5.91 Å². The second-order valence-electron chi connectivity index (χ2n) is 4.47. The van der Waals surface area contributed by atoms with E-state index in [2.05, 4.69) is 4.98 Å². The molecule has 2 rings (SSSR count). The molecule has 0 aliphatic rings. The lowest BCUT2D eigenvalue weighted by Crippen LogP contribution is -2.36. The van der Waals surface area contributed by atoms with Crippen LogP contribution in [0.3, 0.4) is 0 Å². The fraction of sp³-hybridized carbons (Fsp3) is 0.333. The zero-order chi connectivity index (χ0) is 13.7. The van der Waals surface area contributed by atoms with E-state index in [0.29, 0.717) is 25.3 Å². The van der Waals surface area contributed by atoms with Gasteiger partial charge in [-0.2, -0.15) is 0 Å². The molecule has 1 heterocycles. The molecule has 1 aromatic heterocycles. The summed E-state index contributed by atoms with van der Waals surface area (Å²) in [6.45, 7) is 3.80. The van der Waals surface area contributed by atoms with Crippen molar-refractivity contribution in [1.29, 1.82) is 0 Å². The number of nitrogens with zero attached hydrogens (tertiary/aromatic N) is 2. The van der Waals surface area contributed by atoms with E-state index >= 15 is 0 Å². The Bertz CT molecular complexity index is 562. The summed E-state index contributed by atoms with van der Waals surface area (Å²) in [7, 11) is 0. The third-order valence-corrected chi connectivity index (χ3v) is 3.00. The lowest BCUT2D eigenvalue weighted by Gasteiger charge is -2.20. The van der Waals surface area contributed by atoms with Crippen LogP contribution in [-0.4, -0.2) is 35.4 Å². The second kappa shape index (κ2) is 6.29. The molecule has 0 radical (unpaired) electrons. The predicted octanol–water partition coefficient (Wildman–Crippen LogP) is 2.05. The van der Waals surface area contributed by atoms with Crippen LogP contribution < -0.4 is 5.73 Å². The second-order valence-corrected chi connectivity index (χ2v) is 4.47. The van der Waals surface area contributed by atoms with Crippen molar-refractivity contribution >= 4 is 16.8 Å². The fourth-order valence-electron chi connectivity index (χ4n) is 2.09. The van der Waals surface area contributed by atoms with Gasteiger partial charge < -0.3 is 10.6 Å². The van der Waals surface area contributed by atoms with Gasteiger partial charge in [-0.05, 0) is 18.6 Å². The van der Waals surface area contributed by atoms with E-state index < -0.39 is 0 Å². The molecule has 0 saturated carbocycles. The molecule has 19 heavy (non-hydrogen) atoms. The van der Waals surface area contributed by atoms with E-state index in [1.54, 1.807) is 11.0 Å². The first-order valence-corrected chi connectivity index (χ1v) is 6.61. The third kappa shape index (κ3) is 3.09. The Morgan fingerprint density at radius 2 is 2.00 bits per heavy atom. The summed E-state index contributed by atoms with van der Waals surface area (Å²) in [6, 6.07) is 11.5. The first kappa shape index (κ1) is 13.5. The summed E-state index contributed by atoms with van der Waals surface area (Å²) < 4.78 is 0. The van der Waals surface area contributed by atoms with Gasteiger partial charge in [0.1, 0.15) is 5.69 Å². The monoisotopic (exact) mass is 257 g/mol. The highest BCUT2D eigenvalue weighted by Crippen LogP contribution is 2.13. The van der Waals surface area contributed by atoms with Crippen LogP contribution in [0.5, 0.6) is 0 Å². The molecule has 0 bridgehead atoms. The summed E-state index contributed by atoms with van der Waals surface area (Å²) in [5.74, 6) is -0.0435. The zero-order valence-electron chi connectivity index (χ0n) is 11.2.